The van der Waals surface area contributed by atoms with Crippen molar-refractivity contribution in [1.29, 1.82) is 0 Å². The number of hydrogen-bond acceptors (Lipinski definition) is 1. The molecule has 0 aliphatic heterocycles. The van der Waals surface area contributed by atoms with E-state index in [1.165, 1.54) is 86.9 Å². The highest BCUT2D eigenvalue weighted by atomic mass is 16.3. The maximum absolute atomic E-state index is 6.33. The minimum atomic E-state index is 0.943. The molecule has 0 unspecified atom stereocenters. The van der Waals surface area contributed by atoms with E-state index in [9.17, 15) is 0 Å². The maximum atomic E-state index is 6.33. The molecule has 10 aromatic rings. The first-order valence-electron chi connectivity index (χ1n) is 14.9. The topological polar surface area (TPSA) is 13.1 Å². The second-order valence-electron chi connectivity index (χ2n) is 11.6. The highest BCUT2D eigenvalue weighted by Gasteiger charge is 2.21. The lowest BCUT2D eigenvalue weighted by molar-refractivity contribution is 0.669. The summed E-state index contributed by atoms with van der Waals surface area (Å²) < 4.78 is 6.33. The summed E-state index contributed by atoms with van der Waals surface area (Å²) in [6.45, 7) is 0. The predicted molar refractivity (Wildman–Crippen MR) is 183 cm³/mol. The van der Waals surface area contributed by atoms with Crippen LogP contribution in [0.15, 0.2) is 150 Å². The normalized spacial score (nSPS) is 12.2. The van der Waals surface area contributed by atoms with Gasteiger partial charge in [0.05, 0.1) is 0 Å². The summed E-state index contributed by atoms with van der Waals surface area (Å²) in [6.07, 6.45) is 0. The van der Waals surface area contributed by atoms with Gasteiger partial charge in [0.15, 0.2) is 0 Å². The van der Waals surface area contributed by atoms with Crippen LogP contribution in [-0.2, 0) is 0 Å². The van der Waals surface area contributed by atoms with Crippen LogP contribution in [0.25, 0.3) is 98.1 Å². The first-order valence-corrected chi connectivity index (χ1v) is 14.9. The summed E-state index contributed by atoms with van der Waals surface area (Å²) in [6, 6.07) is 53.2. The minimum absolute atomic E-state index is 0.943. The highest BCUT2D eigenvalue weighted by molar-refractivity contribution is 6.29. The molecule has 43 heavy (non-hydrogen) atoms. The van der Waals surface area contributed by atoms with Gasteiger partial charge in [-0.3, -0.25) is 0 Å². The molecule has 1 nitrogen and oxygen atoms in total. The summed E-state index contributed by atoms with van der Waals surface area (Å²) in [7, 11) is 0. The summed E-state index contributed by atoms with van der Waals surface area (Å²) in [5, 5.41) is 15.0. The molecule has 0 aliphatic rings. The molecular formula is C42H24O. The van der Waals surface area contributed by atoms with Gasteiger partial charge < -0.3 is 4.42 Å². The lowest BCUT2D eigenvalue weighted by Crippen LogP contribution is -1.92. The molecule has 0 aliphatic carbocycles. The molecular weight excluding hydrogens is 520 g/mol. The average molecular weight is 545 g/mol. The number of rotatable bonds is 2. The van der Waals surface area contributed by atoms with E-state index in [-0.39, 0.29) is 0 Å². The summed E-state index contributed by atoms with van der Waals surface area (Å²) in [5.41, 5.74) is 6.96. The van der Waals surface area contributed by atoms with Crippen molar-refractivity contribution < 1.29 is 4.42 Å². The molecule has 1 heteroatoms. The Hall–Kier alpha value is -5.66. The van der Waals surface area contributed by atoms with E-state index in [1.807, 2.05) is 0 Å². The SMILES string of the molecule is c1ccc2c(c1)ccc1c(-c3c4ccccc4c(-c4ccc5oc6cccc7ccc4c5c76)c4ccccc34)cccc12. The third kappa shape index (κ3) is 3.06. The molecule has 0 radical (unpaired) electrons. The van der Waals surface area contributed by atoms with Crippen LogP contribution < -0.4 is 0 Å². The van der Waals surface area contributed by atoms with Crippen molar-refractivity contribution in [3.63, 3.8) is 0 Å². The van der Waals surface area contributed by atoms with Gasteiger partial charge in [0.25, 0.3) is 0 Å². The lowest BCUT2D eigenvalue weighted by atomic mass is 9.83. The summed E-state index contributed by atoms with van der Waals surface area (Å²) in [5.74, 6) is 0. The van der Waals surface area contributed by atoms with Crippen LogP contribution in [0.4, 0.5) is 0 Å². The van der Waals surface area contributed by atoms with Crippen LogP contribution in [0, 0.1) is 0 Å². The number of furan rings is 1. The van der Waals surface area contributed by atoms with E-state index in [0.717, 1.165) is 11.2 Å². The molecule has 0 atom stereocenters. The largest absolute Gasteiger partial charge is 0.456 e. The Bertz CT molecular complexity index is 2670. The molecule has 10 rings (SSSR count). The Labute approximate surface area is 247 Å². The zero-order valence-corrected chi connectivity index (χ0v) is 23.3. The Morgan fingerprint density at radius 3 is 1.56 bits per heavy atom. The minimum Gasteiger partial charge on any atom is -0.456 e. The molecule has 9 aromatic carbocycles. The van der Waals surface area contributed by atoms with Crippen LogP contribution in [0.2, 0.25) is 0 Å². The molecule has 0 spiro atoms. The van der Waals surface area contributed by atoms with Gasteiger partial charge in [-0.25, -0.2) is 0 Å². The molecule has 0 saturated carbocycles. The molecule has 1 heterocycles. The van der Waals surface area contributed by atoms with Gasteiger partial charge in [0.2, 0.25) is 0 Å². The lowest BCUT2D eigenvalue weighted by Gasteiger charge is -2.20. The molecule has 0 bridgehead atoms. The van der Waals surface area contributed by atoms with Crippen LogP contribution in [0.3, 0.4) is 0 Å². The standard InChI is InChI=1S/C42H24O/c1-2-11-27-25(9-1)19-21-29-28(27)16-8-17-30(29)40-31-12-3-5-14-33(31)41(34-15-6-4-13-32(34)40)35-23-24-38-42-36(35)22-20-26-10-7-18-37(43-38)39(26)42/h1-24H. The fraction of sp³-hybridized carbons (Fsp3) is 0. The zero-order valence-electron chi connectivity index (χ0n) is 23.3. The van der Waals surface area contributed by atoms with Gasteiger partial charge in [-0.2, -0.15) is 0 Å². The van der Waals surface area contributed by atoms with Gasteiger partial charge in [0, 0.05) is 10.8 Å². The molecule has 1 aromatic heterocycles. The van der Waals surface area contributed by atoms with Crippen LogP contribution in [0.5, 0.6) is 0 Å². The molecule has 0 fully saturated rings. The fourth-order valence-corrected chi connectivity index (χ4v) is 7.63. The Morgan fingerprint density at radius 1 is 0.279 bits per heavy atom. The smallest absolute Gasteiger partial charge is 0.136 e. The summed E-state index contributed by atoms with van der Waals surface area (Å²) >= 11 is 0. The van der Waals surface area contributed by atoms with Crippen LogP contribution >= 0.6 is 0 Å². The van der Waals surface area contributed by atoms with Gasteiger partial charge in [-0.05, 0) is 94.3 Å². The van der Waals surface area contributed by atoms with Crippen LogP contribution in [0.1, 0.15) is 0 Å². The molecule has 198 valence electrons. The first kappa shape index (κ1) is 23.0. The van der Waals surface area contributed by atoms with Crippen molar-refractivity contribution in [3.8, 4) is 22.3 Å². The molecule has 0 amide bonds. The van der Waals surface area contributed by atoms with Crippen molar-refractivity contribution in [1.82, 2.24) is 0 Å². The average Bonchev–Trinajstić information content (AvgIpc) is 3.46. The fourth-order valence-electron chi connectivity index (χ4n) is 7.63. The van der Waals surface area contributed by atoms with Gasteiger partial charge in [-0.1, -0.05) is 127 Å². The molecule has 0 saturated heterocycles. The third-order valence-corrected chi connectivity index (χ3v) is 9.42. The summed E-state index contributed by atoms with van der Waals surface area (Å²) in [4.78, 5) is 0. The van der Waals surface area contributed by atoms with Gasteiger partial charge >= 0.3 is 0 Å². The Kier molecular flexibility index (Phi) is 4.51. The second-order valence-corrected chi connectivity index (χ2v) is 11.6. The Morgan fingerprint density at radius 2 is 0.814 bits per heavy atom. The van der Waals surface area contributed by atoms with E-state index < -0.39 is 0 Å². The maximum Gasteiger partial charge on any atom is 0.136 e. The van der Waals surface area contributed by atoms with E-state index in [2.05, 4.69) is 146 Å². The predicted octanol–water partition coefficient (Wildman–Crippen LogP) is 12.1. The van der Waals surface area contributed by atoms with E-state index >= 15 is 0 Å². The highest BCUT2D eigenvalue weighted by Crippen LogP contribution is 2.48. The first-order chi connectivity index (χ1) is 21.3. The monoisotopic (exact) mass is 544 g/mol. The number of fused-ring (bicyclic) bond motifs is 5. The van der Waals surface area contributed by atoms with E-state index in [4.69, 9.17) is 4.42 Å². The van der Waals surface area contributed by atoms with Gasteiger partial charge in [-0.15, -0.1) is 0 Å². The van der Waals surface area contributed by atoms with Crippen molar-refractivity contribution in [2.75, 3.05) is 0 Å². The van der Waals surface area contributed by atoms with Crippen LogP contribution in [-0.4, -0.2) is 0 Å². The Balaban J connectivity index is 1.37. The van der Waals surface area contributed by atoms with Crippen molar-refractivity contribution in [2.24, 2.45) is 0 Å². The molecule has 0 N–H and O–H groups in total. The van der Waals surface area contributed by atoms with Crippen molar-refractivity contribution in [2.45, 2.75) is 0 Å². The van der Waals surface area contributed by atoms with E-state index in [1.54, 1.807) is 0 Å². The van der Waals surface area contributed by atoms with Gasteiger partial charge in [0.1, 0.15) is 11.2 Å². The second kappa shape index (κ2) is 8.44. The number of hydrogen-bond donors (Lipinski definition) is 0. The number of benzene rings is 9. The van der Waals surface area contributed by atoms with E-state index in [0.29, 0.717) is 0 Å². The van der Waals surface area contributed by atoms with Crippen molar-refractivity contribution >= 4 is 75.8 Å². The third-order valence-electron chi connectivity index (χ3n) is 9.42. The quantitative estimate of drug-likeness (QED) is 0.156. The zero-order chi connectivity index (χ0) is 28.1. The van der Waals surface area contributed by atoms with Crippen molar-refractivity contribution in [3.05, 3.63) is 146 Å².